The van der Waals surface area contributed by atoms with Gasteiger partial charge in [0.2, 0.25) is 0 Å². The normalized spacial score (nSPS) is 11.3. The summed E-state index contributed by atoms with van der Waals surface area (Å²) in [6.07, 6.45) is 12.0. The van der Waals surface area contributed by atoms with Gasteiger partial charge in [-0.2, -0.15) is 0 Å². The van der Waals surface area contributed by atoms with Crippen LogP contribution in [0, 0.1) is 0 Å². The Bertz CT molecular complexity index is 391. The molecular weight excluding hydrogens is 224 g/mol. The van der Waals surface area contributed by atoms with Crippen LogP contribution in [0.2, 0.25) is 0 Å². The van der Waals surface area contributed by atoms with Gasteiger partial charge in [-0.05, 0) is 31.2 Å². The summed E-state index contributed by atoms with van der Waals surface area (Å²) in [5.74, 6) is -0.744. The molecule has 1 N–H and O–H groups in total. The molecule has 0 heterocycles. The van der Waals surface area contributed by atoms with Crippen molar-refractivity contribution in [1.29, 1.82) is 0 Å². The van der Waals surface area contributed by atoms with Gasteiger partial charge in [-0.3, -0.25) is 4.79 Å². The van der Waals surface area contributed by atoms with E-state index in [1.807, 2.05) is 24.3 Å². The number of unbranched alkanes of at least 4 members (excludes halogenated alkanes) is 1. The molecule has 2 heteroatoms. The van der Waals surface area contributed by atoms with E-state index in [1.165, 1.54) is 5.56 Å². The number of rotatable bonds is 8. The Hall–Kier alpha value is -1.83. The number of aliphatic carboxylic acids is 1. The zero-order valence-electron chi connectivity index (χ0n) is 10.6. The molecule has 0 radical (unpaired) electrons. The highest BCUT2D eigenvalue weighted by Gasteiger charge is 1.91. The minimum Gasteiger partial charge on any atom is -0.481 e. The number of aryl methyl sites for hydroxylation is 1. The molecule has 0 saturated heterocycles. The molecule has 1 aromatic carbocycles. The van der Waals surface area contributed by atoms with Crippen molar-refractivity contribution in [3.8, 4) is 0 Å². The molecule has 0 aromatic heterocycles. The highest BCUT2D eigenvalue weighted by atomic mass is 16.4. The smallest absolute Gasteiger partial charge is 0.303 e. The first-order valence-corrected chi connectivity index (χ1v) is 6.36. The molecule has 0 fully saturated rings. The summed E-state index contributed by atoms with van der Waals surface area (Å²) in [6.45, 7) is 0. The maximum absolute atomic E-state index is 10.3. The summed E-state index contributed by atoms with van der Waals surface area (Å²) in [7, 11) is 0. The standard InChI is InChI=1S/C16H20O2/c17-16(18)14-10-5-3-1-2-4-7-11-15-12-8-6-9-13-15/h1-3,5-6,8-9,12-13H,4,7,10-11,14H2,(H,17,18). The van der Waals surface area contributed by atoms with Crippen molar-refractivity contribution in [2.45, 2.75) is 32.1 Å². The lowest BCUT2D eigenvalue weighted by atomic mass is 10.1. The number of carboxylic acid groups (broad SMARTS) is 1. The molecule has 18 heavy (non-hydrogen) atoms. The number of allylic oxidation sites excluding steroid dienone is 4. The van der Waals surface area contributed by atoms with Gasteiger partial charge >= 0.3 is 5.97 Å². The van der Waals surface area contributed by atoms with Gasteiger partial charge in [-0.1, -0.05) is 54.6 Å². The third-order valence-electron chi connectivity index (χ3n) is 2.59. The van der Waals surface area contributed by atoms with E-state index in [1.54, 1.807) is 0 Å². The molecule has 0 bridgehead atoms. The molecule has 0 spiro atoms. The fourth-order valence-electron chi connectivity index (χ4n) is 1.63. The lowest BCUT2D eigenvalue weighted by Gasteiger charge is -1.97. The first kappa shape index (κ1) is 14.2. The minimum atomic E-state index is -0.744. The zero-order valence-corrected chi connectivity index (χ0v) is 10.6. The van der Waals surface area contributed by atoms with Crippen molar-refractivity contribution in [3.63, 3.8) is 0 Å². The van der Waals surface area contributed by atoms with Crippen molar-refractivity contribution < 1.29 is 9.90 Å². The van der Waals surface area contributed by atoms with E-state index in [-0.39, 0.29) is 6.42 Å². The molecule has 1 rings (SSSR count). The number of carboxylic acids is 1. The first-order chi connectivity index (χ1) is 8.79. The predicted octanol–water partition coefficient (Wildman–Crippen LogP) is 3.99. The van der Waals surface area contributed by atoms with E-state index in [0.717, 1.165) is 19.3 Å². The van der Waals surface area contributed by atoms with Gasteiger partial charge < -0.3 is 5.11 Å². The fourth-order valence-corrected chi connectivity index (χ4v) is 1.63. The third kappa shape index (κ3) is 7.44. The highest BCUT2D eigenvalue weighted by molar-refractivity contribution is 5.66. The maximum atomic E-state index is 10.3. The van der Waals surface area contributed by atoms with Crippen LogP contribution >= 0.6 is 0 Å². The average molecular weight is 244 g/mol. The Morgan fingerprint density at radius 1 is 1.06 bits per heavy atom. The van der Waals surface area contributed by atoms with E-state index in [9.17, 15) is 4.79 Å². The van der Waals surface area contributed by atoms with E-state index >= 15 is 0 Å². The van der Waals surface area contributed by atoms with Gasteiger partial charge in [0.1, 0.15) is 0 Å². The summed E-state index contributed by atoms with van der Waals surface area (Å²) in [5.41, 5.74) is 1.38. The van der Waals surface area contributed by atoms with Crippen molar-refractivity contribution in [1.82, 2.24) is 0 Å². The molecule has 0 atom stereocenters. The molecule has 0 amide bonds. The Morgan fingerprint density at radius 3 is 2.39 bits per heavy atom. The van der Waals surface area contributed by atoms with Crippen LogP contribution in [0.5, 0.6) is 0 Å². The molecule has 1 aromatic rings. The van der Waals surface area contributed by atoms with Gasteiger partial charge in [0.15, 0.2) is 0 Å². The molecule has 0 unspecified atom stereocenters. The maximum Gasteiger partial charge on any atom is 0.303 e. The molecule has 96 valence electrons. The van der Waals surface area contributed by atoms with Crippen molar-refractivity contribution in [2.75, 3.05) is 0 Å². The summed E-state index contributed by atoms with van der Waals surface area (Å²) in [4.78, 5) is 10.3. The van der Waals surface area contributed by atoms with Crippen LogP contribution < -0.4 is 0 Å². The Balaban J connectivity index is 2.05. The Labute approximate surface area is 109 Å². The summed E-state index contributed by atoms with van der Waals surface area (Å²) < 4.78 is 0. The van der Waals surface area contributed by atoms with E-state index in [0.29, 0.717) is 6.42 Å². The van der Waals surface area contributed by atoms with Crippen LogP contribution in [0.1, 0.15) is 31.2 Å². The minimum absolute atomic E-state index is 0.207. The van der Waals surface area contributed by atoms with Gasteiger partial charge in [-0.15, -0.1) is 0 Å². The Morgan fingerprint density at radius 2 is 1.72 bits per heavy atom. The fraction of sp³-hybridized carbons (Fsp3) is 0.312. The van der Waals surface area contributed by atoms with Gasteiger partial charge in [0, 0.05) is 6.42 Å². The third-order valence-corrected chi connectivity index (χ3v) is 2.59. The molecule has 0 aliphatic rings. The topological polar surface area (TPSA) is 37.3 Å². The van der Waals surface area contributed by atoms with Gasteiger partial charge in [0.05, 0.1) is 0 Å². The van der Waals surface area contributed by atoms with Crippen LogP contribution in [0.4, 0.5) is 0 Å². The van der Waals surface area contributed by atoms with Gasteiger partial charge in [0.25, 0.3) is 0 Å². The van der Waals surface area contributed by atoms with Crippen molar-refractivity contribution in [2.24, 2.45) is 0 Å². The monoisotopic (exact) mass is 244 g/mol. The average Bonchev–Trinajstić information content (AvgIpc) is 2.37. The Kier molecular flexibility index (Phi) is 7.29. The number of carbonyl (C=O) groups is 1. The van der Waals surface area contributed by atoms with Crippen LogP contribution in [-0.4, -0.2) is 11.1 Å². The molecule has 2 nitrogen and oxygen atoms in total. The van der Waals surface area contributed by atoms with E-state index < -0.39 is 5.97 Å². The number of hydrogen-bond acceptors (Lipinski definition) is 1. The second kappa shape index (κ2) is 9.23. The van der Waals surface area contributed by atoms with Crippen LogP contribution in [0.25, 0.3) is 0 Å². The van der Waals surface area contributed by atoms with Crippen molar-refractivity contribution in [3.05, 3.63) is 60.2 Å². The quantitative estimate of drug-likeness (QED) is 0.554. The second-order valence-electron chi connectivity index (χ2n) is 4.17. The summed E-state index contributed by atoms with van der Waals surface area (Å²) >= 11 is 0. The predicted molar refractivity (Wildman–Crippen MR) is 74.5 cm³/mol. The molecule has 0 aliphatic heterocycles. The van der Waals surface area contributed by atoms with Crippen LogP contribution in [0.3, 0.4) is 0 Å². The molecular formula is C16H20O2. The lowest BCUT2D eigenvalue weighted by Crippen LogP contribution is -1.91. The van der Waals surface area contributed by atoms with E-state index in [2.05, 4.69) is 30.3 Å². The van der Waals surface area contributed by atoms with Crippen LogP contribution in [0.15, 0.2) is 54.6 Å². The largest absolute Gasteiger partial charge is 0.481 e. The summed E-state index contributed by atoms with van der Waals surface area (Å²) in [6, 6.07) is 10.5. The zero-order chi connectivity index (χ0) is 13.1. The number of hydrogen-bond donors (Lipinski definition) is 1. The second-order valence-corrected chi connectivity index (χ2v) is 4.17. The lowest BCUT2D eigenvalue weighted by molar-refractivity contribution is -0.136. The van der Waals surface area contributed by atoms with Crippen LogP contribution in [-0.2, 0) is 11.2 Å². The number of benzene rings is 1. The highest BCUT2D eigenvalue weighted by Crippen LogP contribution is 2.04. The molecule has 0 aliphatic carbocycles. The molecule has 0 saturated carbocycles. The van der Waals surface area contributed by atoms with Crippen molar-refractivity contribution >= 4 is 5.97 Å². The van der Waals surface area contributed by atoms with E-state index in [4.69, 9.17) is 5.11 Å². The summed E-state index contributed by atoms with van der Waals surface area (Å²) in [5, 5.41) is 8.44. The SMILES string of the molecule is O=C(O)CCC=CC=CCCCc1ccccc1. The van der Waals surface area contributed by atoms with Gasteiger partial charge in [-0.25, -0.2) is 0 Å². The first-order valence-electron chi connectivity index (χ1n) is 6.36.